The van der Waals surface area contributed by atoms with Crippen molar-refractivity contribution in [3.63, 3.8) is 0 Å². The summed E-state index contributed by atoms with van der Waals surface area (Å²) in [6.45, 7) is 9.04. The maximum absolute atomic E-state index is 12.0. The first kappa shape index (κ1) is 14.3. The lowest BCUT2D eigenvalue weighted by Gasteiger charge is -2.14. The van der Waals surface area contributed by atoms with Crippen molar-refractivity contribution in [1.29, 1.82) is 0 Å². The summed E-state index contributed by atoms with van der Waals surface area (Å²) in [5.41, 5.74) is 3.12. The number of nitrogens with one attached hydrogen (secondary N) is 1. The first-order valence-electron chi connectivity index (χ1n) is 6.83. The Bertz CT molecular complexity index is 598. The van der Waals surface area contributed by atoms with Gasteiger partial charge in [0.1, 0.15) is 6.54 Å². The van der Waals surface area contributed by atoms with E-state index in [1.807, 2.05) is 44.6 Å². The van der Waals surface area contributed by atoms with Gasteiger partial charge in [0.05, 0.1) is 12.2 Å². The number of nitrogens with zero attached hydrogens (tertiary/aromatic N) is 4. The summed E-state index contributed by atoms with van der Waals surface area (Å²) >= 11 is 0. The molecule has 1 unspecified atom stereocenters. The summed E-state index contributed by atoms with van der Waals surface area (Å²) in [4.78, 5) is 12.0. The van der Waals surface area contributed by atoms with Crippen LogP contribution in [0.15, 0.2) is 18.5 Å². The van der Waals surface area contributed by atoms with Crippen molar-refractivity contribution >= 4 is 5.91 Å². The molecule has 0 aliphatic carbocycles. The summed E-state index contributed by atoms with van der Waals surface area (Å²) in [5, 5.41) is 11.4. The number of aryl methyl sites for hydroxylation is 2. The van der Waals surface area contributed by atoms with E-state index in [2.05, 4.69) is 15.5 Å². The molecule has 0 bridgehead atoms. The Morgan fingerprint density at radius 2 is 2.10 bits per heavy atom. The molecule has 6 nitrogen and oxygen atoms in total. The fourth-order valence-corrected chi connectivity index (χ4v) is 2.27. The number of carbonyl (C=O) groups is 1. The Morgan fingerprint density at radius 3 is 2.65 bits per heavy atom. The van der Waals surface area contributed by atoms with E-state index in [0.29, 0.717) is 0 Å². The highest BCUT2D eigenvalue weighted by molar-refractivity contribution is 5.76. The number of hydrogen-bond donors (Lipinski definition) is 1. The molecule has 0 spiro atoms. The van der Waals surface area contributed by atoms with E-state index in [4.69, 9.17) is 0 Å². The van der Waals surface area contributed by atoms with Crippen molar-refractivity contribution in [2.75, 3.05) is 0 Å². The van der Waals surface area contributed by atoms with Crippen molar-refractivity contribution < 1.29 is 4.79 Å². The van der Waals surface area contributed by atoms with Crippen LogP contribution in [-0.2, 0) is 17.9 Å². The van der Waals surface area contributed by atoms with Gasteiger partial charge in [0.2, 0.25) is 5.91 Å². The van der Waals surface area contributed by atoms with Gasteiger partial charge < -0.3 is 5.32 Å². The molecule has 108 valence electrons. The SMILES string of the molecule is CCn1ncc(C(C)NC(=O)Cn2nccc2C)c1C. The summed E-state index contributed by atoms with van der Waals surface area (Å²) in [7, 11) is 0. The largest absolute Gasteiger partial charge is 0.348 e. The highest BCUT2D eigenvalue weighted by atomic mass is 16.2. The van der Waals surface area contributed by atoms with Crippen molar-refractivity contribution in [3.8, 4) is 0 Å². The van der Waals surface area contributed by atoms with Crippen LogP contribution in [-0.4, -0.2) is 25.5 Å². The Labute approximate surface area is 118 Å². The van der Waals surface area contributed by atoms with Gasteiger partial charge in [0.25, 0.3) is 0 Å². The van der Waals surface area contributed by atoms with Crippen molar-refractivity contribution in [2.24, 2.45) is 0 Å². The van der Waals surface area contributed by atoms with Gasteiger partial charge in [0.15, 0.2) is 0 Å². The van der Waals surface area contributed by atoms with E-state index in [9.17, 15) is 4.79 Å². The fraction of sp³-hybridized carbons (Fsp3) is 0.500. The molecule has 0 saturated carbocycles. The second-order valence-corrected chi connectivity index (χ2v) is 4.92. The fourth-order valence-electron chi connectivity index (χ4n) is 2.27. The van der Waals surface area contributed by atoms with Gasteiger partial charge in [-0.1, -0.05) is 0 Å². The number of amides is 1. The summed E-state index contributed by atoms with van der Waals surface area (Å²) < 4.78 is 3.61. The van der Waals surface area contributed by atoms with Crippen LogP contribution in [0.1, 0.15) is 36.8 Å². The number of carbonyl (C=O) groups excluding carboxylic acids is 1. The van der Waals surface area contributed by atoms with Crippen LogP contribution < -0.4 is 5.32 Å². The highest BCUT2D eigenvalue weighted by Crippen LogP contribution is 2.16. The molecule has 1 amide bonds. The van der Waals surface area contributed by atoms with Crippen LogP contribution >= 0.6 is 0 Å². The predicted molar refractivity (Wildman–Crippen MR) is 76.2 cm³/mol. The van der Waals surface area contributed by atoms with Gasteiger partial charge in [0, 0.05) is 29.7 Å². The molecule has 2 aromatic rings. The van der Waals surface area contributed by atoms with Crippen molar-refractivity contribution in [2.45, 2.75) is 46.8 Å². The first-order valence-corrected chi connectivity index (χ1v) is 6.83. The average Bonchev–Trinajstić information content (AvgIpc) is 2.96. The predicted octanol–water partition coefficient (Wildman–Crippen LogP) is 1.59. The van der Waals surface area contributed by atoms with Gasteiger partial charge in [-0.15, -0.1) is 0 Å². The first-order chi connectivity index (χ1) is 9.52. The Kier molecular flexibility index (Phi) is 4.22. The topological polar surface area (TPSA) is 64.7 Å². The molecule has 1 atom stereocenters. The number of rotatable bonds is 5. The molecule has 0 radical (unpaired) electrons. The molecule has 0 aromatic carbocycles. The monoisotopic (exact) mass is 275 g/mol. The lowest BCUT2D eigenvalue weighted by Crippen LogP contribution is -2.31. The third-order valence-corrected chi connectivity index (χ3v) is 3.51. The molecule has 0 saturated heterocycles. The second kappa shape index (κ2) is 5.90. The smallest absolute Gasteiger partial charge is 0.242 e. The Hall–Kier alpha value is -2.11. The van der Waals surface area contributed by atoms with E-state index < -0.39 is 0 Å². The van der Waals surface area contributed by atoms with E-state index in [-0.39, 0.29) is 18.5 Å². The van der Waals surface area contributed by atoms with Crippen molar-refractivity contribution in [3.05, 3.63) is 35.4 Å². The van der Waals surface area contributed by atoms with Crippen LogP contribution in [0, 0.1) is 13.8 Å². The minimum Gasteiger partial charge on any atom is -0.348 e. The molecule has 20 heavy (non-hydrogen) atoms. The zero-order chi connectivity index (χ0) is 14.7. The Balaban J connectivity index is 2.00. The average molecular weight is 275 g/mol. The van der Waals surface area contributed by atoms with E-state index in [0.717, 1.165) is 23.5 Å². The van der Waals surface area contributed by atoms with Crippen molar-refractivity contribution in [1.82, 2.24) is 24.9 Å². The molecular weight excluding hydrogens is 254 g/mol. The molecular formula is C14H21N5O. The van der Waals surface area contributed by atoms with E-state index in [1.54, 1.807) is 10.9 Å². The standard InChI is InChI=1S/C14H21N5O/c1-5-18-12(4)13(8-16-18)11(3)17-14(20)9-19-10(2)6-7-15-19/h6-8,11H,5,9H2,1-4H3,(H,17,20). The second-order valence-electron chi connectivity index (χ2n) is 4.92. The minimum atomic E-state index is -0.0568. The van der Waals surface area contributed by atoms with Gasteiger partial charge in [-0.05, 0) is 33.8 Å². The van der Waals surface area contributed by atoms with E-state index in [1.165, 1.54) is 0 Å². The van der Waals surface area contributed by atoms with Crippen LogP contribution in [0.2, 0.25) is 0 Å². The van der Waals surface area contributed by atoms with Gasteiger partial charge >= 0.3 is 0 Å². The summed E-state index contributed by atoms with van der Waals surface area (Å²) in [6, 6.07) is 1.82. The maximum Gasteiger partial charge on any atom is 0.242 e. The number of aromatic nitrogens is 4. The molecule has 1 N–H and O–H groups in total. The normalized spacial score (nSPS) is 12.4. The van der Waals surface area contributed by atoms with Crippen LogP contribution in [0.5, 0.6) is 0 Å². The Morgan fingerprint density at radius 1 is 1.35 bits per heavy atom. The third-order valence-electron chi connectivity index (χ3n) is 3.51. The van der Waals surface area contributed by atoms with Crippen LogP contribution in [0.3, 0.4) is 0 Å². The molecule has 6 heteroatoms. The lowest BCUT2D eigenvalue weighted by molar-refractivity contribution is -0.122. The number of hydrogen-bond acceptors (Lipinski definition) is 3. The van der Waals surface area contributed by atoms with Crippen LogP contribution in [0.25, 0.3) is 0 Å². The quantitative estimate of drug-likeness (QED) is 0.901. The van der Waals surface area contributed by atoms with Crippen LogP contribution in [0.4, 0.5) is 0 Å². The lowest BCUT2D eigenvalue weighted by atomic mass is 10.1. The summed E-state index contributed by atoms with van der Waals surface area (Å²) in [5.74, 6) is -0.0482. The third kappa shape index (κ3) is 2.89. The molecule has 2 aromatic heterocycles. The molecule has 0 aliphatic rings. The van der Waals surface area contributed by atoms with E-state index >= 15 is 0 Å². The van der Waals surface area contributed by atoms with Gasteiger partial charge in [-0.3, -0.25) is 14.2 Å². The molecule has 0 aliphatic heterocycles. The highest BCUT2D eigenvalue weighted by Gasteiger charge is 2.15. The van der Waals surface area contributed by atoms with Gasteiger partial charge in [-0.25, -0.2) is 0 Å². The maximum atomic E-state index is 12.0. The summed E-state index contributed by atoms with van der Waals surface area (Å²) in [6.07, 6.45) is 3.52. The van der Waals surface area contributed by atoms with Gasteiger partial charge in [-0.2, -0.15) is 10.2 Å². The minimum absolute atomic E-state index is 0.0482. The molecule has 2 rings (SSSR count). The zero-order valence-electron chi connectivity index (χ0n) is 12.4. The zero-order valence-corrected chi connectivity index (χ0v) is 12.4. The molecule has 0 fully saturated rings. The molecule has 2 heterocycles.